The molecule has 22 heavy (non-hydrogen) atoms. The number of carbonyl (C=O) groups is 1. The summed E-state index contributed by atoms with van der Waals surface area (Å²) in [5, 5.41) is 0. The van der Waals surface area contributed by atoms with E-state index in [2.05, 4.69) is 22.6 Å². The molecule has 5 heteroatoms. The maximum atomic E-state index is 13.8. The van der Waals surface area contributed by atoms with Gasteiger partial charge in [-0.1, -0.05) is 24.3 Å². The number of amides is 1. The molecule has 1 fully saturated rings. The summed E-state index contributed by atoms with van der Waals surface area (Å²) in [5.41, 5.74) is 1.35. The summed E-state index contributed by atoms with van der Waals surface area (Å²) in [4.78, 5) is 16.4. The van der Waals surface area contributed by atoms with Crippen molar-refractivity contribution in [3.63, 3.8) is 0 Å². The minimum Gasteiger partial charge on any atom is -0.366 e. The fourth-order valence-corrected chi connectivity index (χ4v) is 3.28. The minimum absolute atomic E-state index is 0.0539. The van der Waals surface area contributed by atoms with Gasteiger partial charge in [-0.25, -0.2) is 4.39 Å². The van der Waals surface area contributed by atoms with Crippen molar-refractivity contribution < 1.29 is 9.18 Å². The summed E-state index contributed by atoms with van der Waals surface area (Å²) in [6, 6.07) is 14.4. The van der Waals surface area contributed by atoms with E-state index >= 15 is 0 Å². The fourth-order valence-electron chi connectivity index (χ4n) is 2.66. The van der Waals surface area contributed by atoms with Gasteiger partial charge in [0, 0.05) is 29.7 Å². The fraction of sp³-hybridized carbons (Fsp3) is 0.235. The Morgan fingerprint density at radius 1 is 0.955 bits per heavy atom. The summed E-state index contributed by atoms with van der Waals surface area (Å²) in [5.74, 6) is -0.155. The maximum Gasteiger partial charge on any atom is 0.255 e. The molecule has 3 rings (SSSR count). The molecule has 0 N–H and O–H groups in total. The molecular weight excluding hydrogens is 394 g/mol. The Bertz CT molecular complexity index is 684. The highest BCUT2D eigenvalue weighted by Crippen LogP contribution is 2.21. The quantitative estimate of drug-likeness (QED) is 0.709. The van der Waals surface area contributed by atoms with Crippen molar-refractivity contribution >= 4 is 34.2 Å². The van der Waals surface area contributed by atoms with Crippen LogP contribution < -0.4 is 4.90 Å². The van der Waals surface area contributed by atoms with Crippen LogP contribution in [-0.4, -0.2) is 37.0 Å². The molecule has 2 aromatic rings. The number of para-hydroxylation sites is 1. The van der Waals surface area contributed by atoms with Gasteiger partial charge in [0.25, 0.3) is 5.91 Å². The Morgan fingerprint density at radius 2 is 1.59 bits per heavy atom. The van der Waals surface area contributed by atoms with Gasteiger partial charge in [0.2, 0.25) is 0 Å². The van der Waals surface area contributed by atoms with Crippen molar-refractivity contribution in [3.05, 3.63) is 63.5 Å². The first-order chi connectivity index (χ1) is 10.7. The third kappa shape index (κ3) is 3.09. The lowest BCUT2D eigenvalue weighted by Gasteiger charge is -2.36. The van der Waals surface area contributed by atoms with Gasteiger partial charge in [-0.15, -0.1) is 0 Å². The molecule has 0 radical (unpaired) electrons. The molecule has 0 bridgehead atoms. The van der Waals surface area contributed by atoms with Gasteiger partial charge in [-0.3, -0.25) is 4.79 Å². The number of hydrogen-bond acceptors (Lipinski definition) is 2. The van der Waals surface area contributed by atoms with Crippen LogP contribution in [0.1, 0.15) is 10.4 Å². The Balaban J connectivity index is 1.68. The highest BCUT2D eigenvalue weighted by molar-refractivity contribution is 14.1. The zero-order valence-corrected chi connectivity index (χ0v) is 14.2. The van der Waals surface area contributed by atoms with Crippen LogP contribution in [0.15, 0.2) is 48.5 Å². The molecule has 1 aliphatic rings. The summed E-state index contributed by atoms with van der Waals surface area (Å²) >= 11 is 2.18. The molecule has 0 aliphatic carbocycles. The molecule has 1 saturated heterocycles. The number of rotatable bonds is 2. The van der Waals surface area contributed by atoms with E-state index in [0.717, 1.165) is 9.13 Å². The highest BCUT2D eigenvalue weighted by Gasteiger charge is 2.24. The first-order valence-corrected chi connectivity index (χ1v) is 8.28. The van der Waals surface area contributed by atoms with Gasteiger partial charge in [0.1, 0.15) is 5.82 Å². The lowest BCUT2D eigenvalue weighted by Crippen LogP contribution is -2.49. The van der Waals surface area contributed by atoms with Crippen molar-refractivity contribution in [2.45, 2.75) is 0 Å². The first kappa shape index (κ1) is 15.3. The molecule has 1 aliphatic heterocycles. The Hall–Kier alpha value is -1.63. The number of piperazine rings is 1. The molecule has 0 saturated carbocycles. The second-order valence-corrected chi connectivity index (χ2v) is 6.37. The maximum absolute atomic E-state index is 13.8. The van der Waals surface area contributed by atoms with Crippen molar-refractivity contribution in [3.8, 4) is 0 Å². The predicted molar refractivity (Wildman–Crippen MR) is 93.7 cm³/mol. The van der Waals surface area contributed by atoms with Crippen molar-refractivity contribution in [2.24, 2.45) is 0 Å². The highest BCUT2D eigenvalue weighted by atomic mass is 127. The van der Waals surface area contributed by atoms with Crippen LogP contribution in [0, 0.1) is 9.39 Å². The molecule has 2 aromatic carbocycles. The summed E-state index contributed by atoms with van der Waals surface area (Å²) in [7, 11) is 0. The summed E-state index contributed by atoms with van der Waals surface area (Å²) in [6.07, 6.45) is 0. The van der Waals surface area contributed by atoms with Crippen molar-refractivity contribution in [2.75, 3.05) is 31.1 Å². The third-order valence-corrected chi connectivity index (χ3v) is 4.80. The second kappa shape index (κ2) is 6.64. The predicted octanol–water partition coefficient (Wildman–Crippen LogP) is 3.39. The van der Waals surface area contributed by atoms with E-state index in [1.807, 2.05) is 40.1 Å². The number of nitrogens with zero attached hydrogens (tertiary/aromatic N) is 2. The third-order valence-electron chi connectivity index (χ3n) is 3.86. The van der Waals surface area contributed by atoms with Gasteiger partial charge < -0.3 is 9.80 Å². The van der Waals surface area contributed by atoms with Crippen LogP contribution in [0.2, 0.25) is 0 Å². The van der Waals surface area contributed by atoms with Gasteiger partial charge >= 0.3 is 0 Å². The Morgan fingerprint density at radius 3 is 2.27 bits per heavy atom. The average molecular weight is 410 g/mol. The molecule has 0 spiro atoms. The molecule has 1 amide bonds. The standard InChI is InChI=1S/C17H16FIN2O/c18-14-6-2-4-8-16(14)20-9-11-21(12-10-20)17(22)13-5-1-3-7-15(13)19/h1-8H,9-12H2. The Labute approximate surface area is 142 Å². The van der Waals surface area contributed by atoms with Crippen LogP contribution in [0.25, 0.3) is 0 Å². The summed E-state index contributed by atoms with van der Waals surface area (Å²) in [6.45, 7) is 2.52. The van der Waals surface area contributed by atoms with E-state index in [1.54, 1.807) is 12.1 Å². The molecule has 1 heterocycles. The van der Waals surface area contributed by atoms with E-state index in [1.165, 1.54) is 6.07 Å². The van der Waals surface area contributed by atoms with Crippen LogP contribution >= 0.6 is 22.6 Å². The Kier molecular flexibility index (Phi) is 4.61. The van der Waals surface area contributed by atoms with E-state index < -0.39 is 0 Å². The summed E-state index contributed by atoms with van der Waals surface area (Å²) < 4.78 is 14.8. The number of carbonyl (C=O) groups excluding carboxylic acids is 1. The van der Waals surface area contributed by atoms with Gasteiger partial charge in [0.15, 0.2) is 0 Å². The minimum atomic E-state index is -0.208. The average Bonchev–Trinajstić information content (AvgIpc) is 2.55. The molecule has 3 nitrogen and oxygen atoms in total. The van der Waals surface area contributed by atoms with Crippen LogP contribution in [0.4, 0.5) is 10.1 Å². The number of benzene rings is 2. The van der Waals surface area contributed by atoms with Gasteiger partial charge in [-0.2, -0.15) is 0 Å². The topological polar surface area (TPSA) is 23.6 Å². The largest absolute Gasteiger partial charge is 0.366 e. The molecular formula is C17H16FIN2O. The SMILES string of the molecule is O=C(c1ccccc1I)N1CCN(c2ccccc2F)CC1. The van der Waals surface area contributed by atoms with Crippen LogP contribution in [-0.2, 0) is 0 Å². The zero-order valence-electron chi connectivity index (χ0n) is 12.0. The molecule has 114 valence electrons. The first-order valence-electron chi connectivity index (χ1n) is 7.20. The number of hydrogen-bond donors (Lipinski definition) is 0. The zero-order chi connectivity index (χ0) is 15.5. The molecule has 0 unspecified atom stereocenters. The monoisotopic (exact) mass is 410 g/mol. The lowest BCUT2D eigenvalue weighted by molar-refractivity contribution is 0.0745. The smallest absolute Gasteiger partial charge is 0.255 e. The normalized spacial score (nSPS) is 15.0. The second-order valence-electron chi connectivity index (χ2n) is 5.21. The number of halogens is 2. The van der Waals surface area contributed by atoms with Gasteiger partial charge in [-0.05, 0) is 46.9 Å². The molecule has 0 aromatic heterocycles. The molecule has 0 atom stereocenters. The van der Waals surface area contributed by atoms with Crippen molar-refractivity contribution in [1.82, 2.24) is 4.90 Å². The van der Waals surface area contributed by atoms with Crippen LogP contribution in [0.5, 0.6) is 0 Å². The van der Waals surface area contributed by atoms with E-state index in [9.17, 15) is 9.18 Å². The van der Waals surface area contributed by atoms with Crippen LogP contribution in [0.3, 0.4) is 0 Å². The van der Waals surface area contributed by atoms with E-state index in [4.69, 9.17) is 0 Å². The number of anilines is 1. The lowest BCUT2D eigenvalue weighted by atomic mass is 10.1. The van der Waals surface area contributed by atoms with Crippen molar-refractivity contribution in [1.29, 1.82) is 0 Å². The van der Waals surface area contributed by atoms with Gasteiger partial charge in [0.05, 0.1) is 11.3 Å². The van der Waals surface area contributed by atoms with E-state index in [-0.39, 0.29) is 11.7 Å². The van der Waals surface area contributed by atoms with E-state index in [0.29, 0.717) is 31.9 Å².